The van der Waals surface area contributed by atoms with E-state index in [2.05, 4.69) is 41.9 Å². The lowest BCUT2D eigenvalue weighted by Gasteiger charge is -2.17. The van der Waals surface area contributed by atoms with Gasteiger partial charge >= 0.3 is 11.9 Å². The van der Waals surface area contributed by atoms with E-state index < -0.39 is 24.4 Å². The molecule has 8 heteroatoms. The smallest absolute Gasteiger partial charge is 0.328 e. The van der Waals surface area contributed by atoms with Crippen LogP contribution in [0.15, 0.2) is 66.7 Å². The normalized spacial score (nSPS) is 11.9. The van der Waals surface area contributed by atoms with Crippen LogP contribution < -0.4 is 21.9 Å². The van der Waals surface area contributed by atoms with E-state index in [1.165, 1.54) is 5.56 Å². The van der Waals surface area contributed by atoms with E-state index in [-0.39, 0.29) is 5.11 Å². The van der Waals surface area contributed by atoms with Gasteiger partial charge in [-0.05, 0) is 40.0 Å². The second kappa shape index (κ2) is 10.7. The van der Waals surface area contributed by atoms with Gasteiger partial charge in [0.15, 0.2) is 5.11 Å². The lowest BCUT2D eigenvalue weighted by molar-refractivity contribution is -0.143. The zero-order valence-electron chi connectivity index (χ0n) is 17.9. The first-order chi connectivity index (χ1) is 15.8. The summed E-state index contributed by atoms with van der Waals surface area (Å²) in [7, 11) is 0. The lowest BCUT2D eigenvalue weighted by atomic mass is 9.97. The van der Waals surface area contributed by atoms with Crippen LogP contribution in [0.5, 0.6) is 5.75 Å². The summed E-state index contributed by atoms with van der Waals surface area (Å²) >= 11 is 4.09. The van der Waals surface area contributed by atoms with Gasteiger partial charge in [-0.1, -0.05) is 66.7 Å². The van der Waals surface area contributed by atoms with E-state index in [9.17, 15) is 9.59 Å². The molecule has 7 nitrogen and oxygen atoms in total. The third-order valence-electron chi connectivity index (χ3n) is 5.15. The third kappa shape index (κ3) is 6.15. The molecule has 0 amide bonds. The number of ether oxygens (including phenoxy) is 1. The minimum Gasteiger partial charge on any atom is -0.481 e. The van der Waals surface area contributed by atoms with Gasteiger partial charge in [0.1, 0.15) is 11.8 Å². The van der Waals surface area contributed by atoms with Gasteiger partial charge in [-0.2, -0.15) is 0 Å². The fourth-order valence-electron chi connectivity index (χ4n) is 3.76. The summed E-state index contributed by atoms with van der Waals surface area (Å²) in [5, 5.41) is 8.93. The molecule has 33 heavy (non-hydrogen) atoms. The number of hydrogen-bond donors (Lipinski definition) is 4. The summed E-state index contributed by atoms with van der Waals surface area (Å²) in [5.74, 6) is -1.37. The quantitative estimate of drug-likeness (QED) is 0.194. The van der Waals surface area contributed by atoms with Gasteiger partial charge in [-0.25, -0.2) is 4.79 Å². The maximum atomic E-state index is 12.5. The maximum Gasteiger partial charge on any atom is 0.328 e. The number of benzene rings is 3. The number of carbonyl (C=O) groups is 2. The Morgan fingerprint density at radius 2 is 1.61 bits per heavy atom. The Kier molecular flexibility index (Phi) is 7.76. The Labute approximate surface area is 197 Å². The molecule has 1 aliphatic rings. The van der Waals surface area contributed by atoms with Crippen molar-refractivity contribution in [3.05, 3.63) is 89.0 Å². The van der Waals surface area contributed by atoms with Crippen molar-refractivity contribution < 1.29 is 19.4 Å². The first-order valence-corrected chi connectivity index (χ1v) is 10.7. The fourth-order valence-corrected chi connectivity index (χ4v) is 3.76. The second-order valence-corrected chi connectivity index (χ2v) is 8.08. The molecule has 4 rings (SSSR count). The second-order valence-electron chi connectivity index (χ2n) is 7.60. The number of nitrogens with two attached hydrogens (primary N) is 3. The van der Waals surface area contributed by atoms with Crippen molar-refractivity contribution in [2.45, 2.75) is 25.3 Å². The average Bonchev–Trinajstić information content (AvgIpc) is 3.14. The van der Waals surface area contributed by atoms with E-state index in [0.717, 1.165) is 27.8 Å². The first-order valence-electron chi connectivity index (χ1n) is 10.3. The first kappa shape index (κ1) is 23.9. The summed E-state index contributed by atoms with van der Waals surface area (Å²) in [6.45, 7) is 0. The molecule has 1 aliphatic carbocycles. The lowest BCUT2D eigenvalue weighted by Crippen LogP contribution is -2.36. The van der Waals surface area contributed by atoms with Crippen molar-refractivity contribution in [3.8, 4) is 16.9 Å². The number of aliphatic carboxylic acids is 1. The van der Waals surface area contributed by atoms with Gasteiger partial charge in [0.25, 0.3) is 0 Å². The Morgan fingerprint density at radius 3 is 2.27 bits per heavy atom. The number of carbonyl (C=O) groups excluding carboxylic acids is 1. The number of hydrogen-bond acceptors (Lipinski definition) is 5. The van der Waals surface area contributed by atoms with Crippen LogP contribution in [0.25, 0.3) is 11.1 Å². The summed E-state index contributed by atoms with van der Waals surface area (Å²) in [6, 6.07) is 20.8. The van der Waals surface area contributed by atoms with Crippen molar-refractivity contribution in [1.29, 1.82) is 0 Å². The molecule has 1 atom stereocenters. The molecule has 0 heterocycles. The highest BCUT2D eigenvalue weighted by molar-refractivity contribution is 7.80. The molecule has 3 aromatic rings. The van der Waals surface area contributed by atoms with Gasteiger partial charge in [0.2, 0.25) is 0 Å². The molecule has 170 valence electrons. The van der Waals surface area contributed by atoms with Gasteiger partial charge in [-0.15, -0.1) is 0 Å². The molecule has 0 spiro atoms. The van der Waals surface area contributed by atoms with Gasteiger partial charge in [-0.3, -0.25) is 4.79 Å². The largest absolute Gasteiger partial charge is 0.481 e. The molecular weight excluding hydrogens is 438 g/mol. The van der Waals surface area contributed by atoms with Crippen LogP contribution in [0.2, 0.25) is 0 Å². The molecule has 3 aromatic carbocycles. The Bertz CT molecular complexity index is 1180. The van der Waals surface area contributed by atoms with Gasteiger partial charge < -0.3 is 27.0 Å². The third-order valence-corrected chi connectivity index (χ3v) is 5.15. The standard InChI is InChI=1S/C24H21NO4.CH4N2S/c25-21(14-22(26)27)24(28)29-23-17(12-15-6-2-1-3-7-15)10-11-19-18-9-5-4-8-16(18)13-20(19)23;2-1(3)4/h1-11,21H,12-14,25H2,(H,26,27);(H4,2,3,4)/t21-;/m0./s1. The number of esters is 1. The average molecular weight is 464 g/mol. The van der Waals surface area contributed by atoms with Crippen LogP contribution in [-0.4, -0.2) is 28.2 Å². The van der Waals surface area contributed by atoms with Crippen LogP contribution in [0.1, 0.15) is 28.7 Å². The van der Waals surface area contributed by atoms with E-state index >= 15 is 0 Å². The molecule has 7 N–H and O–H groups in total. The van der Waals surface area contributed by atoms with Crippen molar-refractivity contribution >= 4 is 29.3 Å². The molecular formula is C25H25N3O4S. The van der Waals surface area contributed by atoms with Gasteiger partial charge in [0, 0.05) is 18.4 Å². The van der Waals surface area contributed by atoms with E-state index in [4.69, 9.17) is 15.6 Å². The summed E-state index contributed by atoms with van der Waals surface area (Å²) in [6.07, 6.45) is 0.786. The molecule has 0 saturated heterocycles. The zero-order valence-corrected chi connectivity index (χ0v) is 18.7. The van der Waals surface area contributed by atoms with Crippen LogP contribution in [0.3, 0.4) is 0 Å². The number of fused-ring (bicyclic) bond motifs is 3. The van der Waals surface area contributed by atoms with E-state index in [1.807, 2.05) is 48.5 Å². The summed E-state index contributed by atoms with van der Waals surface area (Å²) < 4.78 is 5.73. The van der Waals surface area contributed by atoms with Crippen molar-refractivity contribution in [1.82, 2.24) is 0 Å². The van der Waals surface area contributed by atoms with Gasteiger partial charge in [0.05, 0.1) is 6.42 Å². The highest BCUT2D eigenvalue weighted by Gasteiger charge is 2.27. The maximum absolute atomic E-state index is 12.5. The van der Waals surface area contributed by atoms with Crippen LogP contribution >= 0.6 is 12.2 Å². The highest BCUT2D eigenvalue weighted by Crippen LogP contribution is 2.43. The fraction of sp³-hybridized carbons (Fsp3) is 0.160. The number of carboxylic acids is 1. The number of thiocarbonyl (C=S) groups is 1. The van der Waals surface area contributed by atoms with Crippen LogP contribution in [0, 0.1) is 0 Å². The Morgan fingerprint density at radius 1 is 0.970 bits per heavy atom. The van der Waals surface area contributed by atoms with Crippen LogP contribution in [0.4, 0.5) is 0 Å². The molecule has 0 unspecified atom stereocenters. The molecule has 0 bridgehead atoms. The molecule has 0 fully saturated rings. The zero-order chi connectivity index (χ0) is 24.0. The van der Waals surface area contributed by atoms with Crippen molar-refractivity contribution in [3.63, 3.8) is 0 Å². The monoisotopic (exact) mass is 463 g/mol. The number of rotatable bonds is 6. The minimum atomic E-state index is -1.21. The van der Waals surface area contributed by atoms with Crippen LogP contribution in [-0.2, 0) is 22.4 Å². The molecule has 0 saturated carbocycles. The van der Waals surface area contributed by atoms with E-state index in [1.54, 1.807) is 0 Å². The number of carboxylic acid groups (broad SMARTS) is 1. The predicted molar refractivity (Wildman–Crippen MR) is 131 cm³/mol. The Hall–Kier alpha value is -3.75. The summed E-state index contributed by atoms with van der Waals surface area (Å²) in [5.41, 5.74) is 21.2. The van der Waals surface area contributed by atoms with Crippen molar-refractivity contribution in [2.75, 3.05) is 0 Å². The molecule has 0 aliphatic heterocycles. The SMILES string of the molecule is NC(N)=S.N[C@@H](CC(=O)O)C(=O)Oc1c(Cc2ccccc2)ccc2c1Cc1ccccc1-2. The predicted octanol–water partition coefficient (Wildman–Crippen LogP) is 2.74. The van der Waals surface area contributed by atoms with E-state index in [0.29, 0.717) is 18.6 Å². The molecule has 0 radical (unpaired) electrons. The molecule has 0 aromatic heterocycles. The Balaban J connectivity index is 0.000000709. The highest BCUT2D eigenvalue weighted by atomic mass is 32.1. The summed E-state index contributed by atoms with van der Waals surface area (Å²) in [4.78, 5) is 23.4. The minimum absolute atomic E-state index is 0.000000000000000222. The topological polar surface area (TPSA) is 142 Å². The van der Waals surface area contributed by atoms with Crippen molar-refractivity contribution in [2.24, 2.45) is 17.2 Å².